The van der Waals surface area contributed by atoms with E-state index in [0.29, 0.717) is 11.5 Å². The van der Waals surface area contributed by atoms with Crippen LogP contribution >= 0.6 is 0 Å². The van der Waals surface area contributed by atoms with Crippen molar-refractivity contribution >= 4 is 17.4 Å². The summed E-state index contributed by atoms with van der Waals surface area (Å²) in [6.07, 6.45) is 3.30. The van der Waals surface area contributed by atoms with Gasteiger partial charge >= 0.3 is 5.97 Å². The highest BCUT2D eigenvalue weighted by molar-refractivity contribution is 5.82. The molecule has 0 atom stereocenters. The first-order valence-corrected chi connectivity index (χ1v) is 5.10. The van der Waals surface area contributed by atoms with Gasteiger partial charge in [0, 0.05) is 12.4 Å². The van der Waals surface area contributed by atoms with Crippen LogP contribution in [0.25, 0.3) is 5.65 Å². The van der Waals surface area contributed by atoms with Crippen molar-refractivity contribution in [3.8, 4) is 0 Å². The monoisotopic (exact) mass is 235 g/mol. The number of carboxylic acid groups (broad SMARTS) is 1. The Balaban J connectivity index is 2.46. The van der Waals surface area contributed by atoms with Crippen molar-refractivity contribution < 1.29 is 9.90 Å². The Morgan fingerprint density at radius 2 is 2.18 bits per heavy atom. The molecule has 0 saturated heterocycles. The molecule has 0 bridgehead atoms. The number of rotatable bonds is 3. The van der Waals surface area contributed by atoms with Gasteiger partial charge < -0.3 is 10.4 Å². The van der Waals surface area contributed by atoms with Gasteiger partial charge in [-0.15, -0.1) is 10.2 Å². The Kier molecular flexibility index (Phi) is 2.45. The Bertz CT molecular complexity index is 575. The van der Waals surface area contributed by atoms with Crippen LogP contribution in [-0.2, 0) is 4.79 Å². The number of nitrogens with zero attached hydrogens (tertiary/aromatic N) is 4. The van der Waals surface area contributed by atoms with Gasteiger partial charge in [0.15, 0.2) is 5.82 Å². The van der Waals surface area contributed by atoms with Crippen LogP contribution in [0.2, 0.25) is 0 Å². The molecule has 0 aliphatic heterocycles. The standard InChI is InChI=1S/C10H13N5O2/c1-6-13-14-8-7(11-4-5-15(6)8)12-10(2,3)9(16)17/h4-5H,1-3H3,(H,11,12)(H,16,17). The molecule has 0 fully saturated rings. The van der Waals surface area contributed by atoms with Crippen molar-refractivity contribution in [3.05, 3.63) is 18.2 Å². The third-order valence-corrected chi connectivity index (χ3v) is 2.46. The maximum absolute atomic E-state index is 11.0. The Labute approximate surface area is 97.5 Å². The molecule has 2 N–H and O–H groups in total. The van der Waals surface area contributed by atoms with Crippen molar-refractivity contribution in [1.82, 2.24) is 19.6 Å². The Morgan fingerprint density at radius 3 is 2.82 bits per heavy atom. The van der Waals surface area contributed by atoms with E-state index in [9.17, 15) is 4.79 Å². The highest BCUT2D eigenvalue weighted by Crippen LogP contribution is 2.17. The topological polar surface area (TPSA) is 92.4 Å². The molecule has 0 aliphatic carbocycles. The minimum Gasteiger partial charge on any atom is -0.480 e. The van der Waals surface area contributed by atoms with E-state index in [1.54, 1.807) is 30.6 Å². The van der Waals surface area contributed by atoms with E-state index in [2.05, 4.69) is 20.5 Å². The molecular weight excluding hydrogens is 222 g/mol. The second-order valence-electron chi connectivity index (χ2n) is 4.27. The number of nitrogens with one attached hydrogen (secondary N) is 1. The lowest BCUT2D eigenvalue weighted by molar-refractivity contribution is -0.141. The fraction of sp³-hybridized carbons (Fsp3) is 0.400. The average Bonchev–Trinajstić information content (AvgIpc) is 2.61. The summed E-state index contributed by atoms with van der Waals surface area (Å²) in [6.45, 7) is 4.93. The van der Waals surface area contributed by atoms with E-state index in [1.807, 2.05) is 6.92 Å². The number of carbonyl (C=O) groups is 1. The fourth-order valence-electron chi connectivity index (χ4n) is 1.38. The molecule has 2 rings (SSSR count). The summed E-state index contributed by atoms with van der Waals surface area (Å²) in [6, 6.07) is 0. The van der Waals surface area contributed by atoms with Crippen LogP contribution in [0.15, 0.2) is 12.4 Å². The van der Waals surface area contributed by atoms with Gasteiger partial charge in [0.1, 0.15) is 11.4 Å². The molecule has 0 unspecified atom stereocenters. The average molecular weight is 235 g/mol. The molecule has 0 spiro atoms. The van der Waals surface area contributed by atoms with Gasteiger partial charge in [0.2, 0.25) is 5.65 Å². The van der Waals surface area contributed by atoms with Crippen LogP contribution in [0, 0.1) is 6.92 Å². The van der Waals surface area contributed by atoms with Crippen LogP contribution < -0.4 is 5.32 Å². The van der Waals surface area contributed by atoms with Crippen LogP contribution in [-0.4, -0.2) is 36.2 Å². The molecule has 0 aliphatic rings. The molecule has 17 heavy (non-hydrogen) atoms. The zero-order chi connectivity index (χ0) is 12.6. The lowest BCUT2D eigenvalue weighted by Gasteiger charge is -2.21. The van der Waals surface area contributed by atoms with Gasteiger partial charge in [-0.2, -0.15) is 0 Å². The second kappa shape index (κ2) is 3.69. The smallest absolute Gasteiger partial charge is 0.328 e. The lowest BCUT2D eigenvalue weighted by Crippen LogP contribution is -2.40. The van der Waals surface area contributed by atoms with Crippen LogP contribution in [0.1, 0.15) is 19.7 Å². The summed E-state index contributed by atoms with van der Waals surface area (Å²) in [5, 5.41) is 19.8. The minimum absolute atomic E-state index is 0.403. The maximum atomic E-state index is 11.0. The molecule has 7 nitrogen and oxygen atoms in total. The summed E-state index contributed by atoms with van der Waals surface area (Å²) in [5.74, 6) is 0.164. The number of aryl methyl sites for hydroxylation is 1. The van der Waals surface area contributed by atoms with Crippen molar-refractivity contribution in [3.63, 3.8) is 0 Å². The molecule has 2 heterocycles. The van der Waals surface area contributed by atoms with Crippen molar-refractivity contribution in [2.45, 2.75) is 26.3 Å². The van der Waals surface area contributed by atoms with Gasteiger partial charge in [0.05, 0.1) is 0 Å². The van der Waals surface area contributed by atoms with Gasteiger partial charge in [0.25, 0.3) is 0 Å². The summed E-state index contributed by atoms with van der Waals surface area (Å²) >= 11 is 0. The van der Waals surface area contributed by atoms with E-state index in [1.165, 1.54) is 0 Å². The predicted molar refractivity (Wildman–Crippen MR) is 60.9 cm³/mol. The maximum Gasteiger partial charge on any atom is 0.328 e. The number of hydrogen-bond donors (Lipinski definition) is 2. The summed E-state index contributed by atoms with van der Waals surface area (Å²) in [5.41, 5.74) is -0.603. The Morgan fingerprint density at radius 1 is 1.47 bits per heavy atom. The SMILES string of the molecule is Cc1nnc2c(NC(C)(C)C(=O)O)nccn12. The molecule has 0 amide bonds. The number of hydrogen-bond acceptors (Lipinski definition) is 5. The molecule has 2 aromatic rings. The number of aliphatic carboxylic acids is 1. The molecule has 90 valence electrons. The van der Waals surface area contributed by atoms with E-state index in [0.717, 1.165) is 5.82 Å². The van der Waals surface area contributed by atoms with E-state index >= 15 is 0 Å². The highest BCUT2D eigenvalue weighted by atomic mass is 16.4. The third kappa shape index (κ3) is 1.91. The first kappa shape index (κ1) is 11.3. The van der Waals surface area contributed by atoms with Gasteiger partial charge in [-0.25, -0.2) is 9.78 Å². The zero-order valence-corrected chi connectivity index (χ0v) is 9.80. The van der Waals surface area contributed by atoms with Crippen LogP contribution in [0.5, 0.6) is 0 Å². The van der Waals surface area contributed by atoms with E-state index in [4.69, 9.17) is 5.11 Å². The van der Waals surface area contributed by atoms with Crippen molar-refractivity contribution in [2.24, 2.45) is 0 Å². The summed E-state index contributed by atoms with van der Waals surface area (Å²) in [4.78, 5) is 15.1. The van der Waals surface area contributed by atoms with Gasteiger partial charge in [-0.05, 0) is 20.8 Å². The molecule has 2 aromatic heterocycles. The van der Waals surface area contributed by atoms with Gasteiger partial charge in [-0.1, -0.05) is 0 Å². The second-order valence-corrected chi connectivity index (χ2v) is 4.27. The zero-order valence-electron chi connectivity index (χ0n) is 9.80. The quantitative estimate of drug-likeness (QED) is 0.813. The minimum atomic E-state index is -1.12. The van der Waals surface area contributed by atoms with Gasteiger partial charge in [-0.3, -0.25) is 4.40 Å². The van der Waals surface area contributed by atoms with Crippen LogP contribution in [0.4, 0.5) is 5.82 Å². The number of anilines is 1. The summed E-state index contributed by atoms with van der Waals surface area (Å²) in [7, 11) is 0. The molecule has 0 aromatic carbocycles. The number of fused-ring (bicyclic) bond motifs is 1. The molecule has 7 heteroatoms. The van der Waals surface area contributed by atoms with E-state index in [-0.39, 0.29) is 0 Å². The molecule has 0 saturated carbocycles. The summed E-state index contributed by atoms with van der Waals surface area (Å²) < 4.78 is 1.74. The number of aromatic nitrogens is 4. The lowest BCUT2D eigenvalue weighted by atomic mass is 10.1. The highest BCUT2D eigenvalue weighted by Gasteiger charge is 2.28. The predicted octanol–water partition coefficient (Wildman–Crippen LogP) is 0.708. The van der Waals surface area contributed by atoms with E-state index < -0.39 is 11.5 Å². The van der Waals surface area contributed by atoms with Crippen molar-refractivity contribution in [1.29, 1.82) is 0 Å². The van der Waals surface area contributed by atoms with Crippen molar-refractivity contribution in [2.75, 3.05) is 5.32 Å². The Hall–Kier alpha value is -2.18. The first-order valence-electron chi connectivity index (χ1n) is 5.10. The third-order valence-electron chi connectivity index (χ3n) is 2.46. The largest absolute Gasteiger partial charge is 0.480 e. The normalized spacial score (nSPS) is 11.7. The number of carboxylic acids is 1. The first-order chi connectivity index (χ1) is 7.92. The fourth-order valence-corrected chi connectivity index (χ4v) is 1.38. The molecule has 0 radical (unpaired) electrons. The molecular formula is C10H13N5O2. The van der Waals surface area contributed by atoms with Crippen LogP contribution in [0.3, 0.4) is 0 Å².